The van der Waals surface area contributed by atoms with Crippen molar-refractivity contribution < 1.29 is 9.47 Å². The van der Waals surface area contributed by atoms with Crippen LogP contribution in [-0.4, -0.2) is 40.2 Å². The molecule has 0 aliphatic carbocycles. The third kappa shape index (κ3) is 9.78. The summed E-state index contributed by atoms with van der Waals surface area (Å²) in [5.41, 5.74) is 0.276. The van der Waals surface area contributed by atoms with E-state index in [0.29, 0.717) is 5.92 Å². The Kier molecular flexibility index (Phi) is 9.56. The first-order valence-electron chi connectivity index (χ1n) is 13.9. The van der Waals surface area contributed by atoms with Crippen molar-refractivity contribution in [3.63, 3.8) is 0 Å². The minimum Gasteiger partial charge on any atom is -0.347 e. The number of nitrogens with one attached hydrogen (secondary N) is 2. The fourth-order valence-corrected chi connectivity index (χ4v) is 6.85. The van der Waals surface area contributed by atoms with Crippen LogP contribution in [0.1, 0.15) is 140 Å². The minimum absolute atomic E-state index is 0.0690. The largest absolute Gasteiger partial charge is 0.347 e. The van der Waals surface area contributed by atoms with Crippen LogP contribution >= 0.6 is 0 Å². The SMILES string of the molecule is CCCCC(CCCC(C)C)(OC1CC(C)(C)NC(C)(C)C1)OC1CC(C)(C)NC(C)(C)C1. The Morgan fingerprint density at radius 3 is 1.39 bits per heavy atom. The van der Waals surface area contributed by atoms with Gasteiger partial charge in [0.25, 0.3) is 0 Å². The average molecular weight is 467 g/mol. The smallest absolute Gasteiger partial charge is 0.169 e. The molecular formula is C29H58N2O2. The lowest BCUT2D eigenvalue weighted by Gasteiger charge is -2.51. The van der Waals surface area contributed by atoms with Gasteiger partial charge in [-0.25, -0.2) is 0 Å². The lowest BCUT2D eigenvalue weighted by atomic mass is 9.80. The van der Waals surface area contributed by atoms with Crippen molar-refractivity contribution in [2.45, 2.75) is 181 Å². The Morgan fingerprint density at radius 1 is 0.697 bits per heavy atom. The maximum Gasteiger partial charge on any atom is 0.169 e. The van der Waals surface area contributed by atoms with E-state index in [1.807, 2.05) is 0 Å². The fraction of sp³-hybridized carbons (Fsp3) is 1.00. The summed E-state index contributed by atoms with van der Waals surface area (Å²) < 4.78 is 14.4. The van der Waals surface area contributed by atoms with Gasteiger partial charge >= 0.3 is 0 Å². The van der Waals surface area contributed by atoms with Gasteiger partial charge in [0.05, 0.1) is 12.2 Å². The van der Waals surface area contributed by atoms with E-state index in [4.69, 9.17) is 9.47 Å². The molecule has 2 N–H and O–H groups in total. The molecule has 0 saturated carbocycles. The average Bonchev–Trinajstić information content (AvgIpc) is 2.53. The van der Waals surface area contributed by atoms with Gasteiger partial charge in [-0.05, 0) is 99.8 Å². The highest BCUT2D eigenvalue weighted by molar-refractivity contribution is 5.00. The summed E-state index contributed by atoms with van der Waals surface area (Å²) in [6, 6.07) is 0. The van der Waals surface area contributed by atoms with Crippen molar-refractivity contribution >= 4 is 0 Å². The number of hydrogen-bond donors (Lipinski definition) is 2. The van der Waals surface area contributed by atoms with E-state index in [1.54, 1.807) is 0 Å². The molecule has 4 nitrogen and oxygen atoms in total. The van der Waals surface area contributed by atoms with E-state index >= 15 is 0 Å². The number of hydrogen-bond acceptors (Lipinski definition) is 4. The molecule has 2 aliphatic heterocycles. The van der Waals surface area contributed by atoms with Gasteiger partial charge in [-0.15, -0.1) is 0 Å². The number of unbranched alkanes of at least 4 members (excludes halogenated alkanes) is 1. The molecular weight excluding hydrogens is 408 g/mol. The van der Waals surface area contributed by atoms with Crippen LogP contribution in [-0.2, 0) is 9.47 Å². The Bertz CT molecular complexity index is 537. The zero-order valence-corrected chi connectivity index (χ0v) is 24.1. The summed E-state index contributed by atoms with van der Waals surface area (Å²) in [5.74, 6) is 0.232. The van der Waals surface area contributed by atoms with Crippen molar-refractivity contribution in [2.75, 3.05) is 0 Å². The van der Waals surface area contributed by atoms with E-state index in [9.17, 15) is 0 Å². The molecule has 0 bridgehead atoms. The molecule has 196 valence electrons. The van der Waals surface area contributed by atoms with Crippen molar-refractivity contribution in [1.29, 1.82) is 0 Å². The van der Waals surface area contributed by atoms with Gasteiger partial charge in [0, 0.05) is 35.0 Å². The molecule has 0 unspecified atom stereocenters. The second-order valence-corrected chi connectivity index (χ2v) is 14.4. The van der Waals surface area contributed by atoms with Crippen LogP contribution in [0.3, 0.4) is 0 Å². The second kappa shape index (κ2) is 10.8. The molecule has 33 heavy (non-hydrogen) atoms. The highest BCUT2D eigenvalue weighted by atomic mass is 16.7. The quantitative estimate of drug-likeness (QED) is 0.312. The van der Waals surface area contributed by atoms with Crippen LogP contribution in [0.15, 0.2) is 0 Å². The zero-order chi connectivity index (χ0) is 25.1. The Hall–Kier alpha value is -0.160. The summed E-state index contributed by atoms with van der Waals surface area (Å²) in [7, 11) is 0. The Morgan fingerprint density at radius 2 is 1.06 bits per heavy atom. The van der Waals surface area contributed by atoms with Crippen LogP contribution < -0.4 is 10.6 Å². The third-order valence-corrected chi connectivity index (χ3v) is 7.32. The van der Waals surface area contributed by atoms with Crippen molar-refractivity contribution in [2.24, 2.45) is 5.92 Å². The standard InChI is InChI=1S/C29H58N2O2/c1-12-13-16-29(17-14-15-22(2)3,32-23-18-25(4,5)30-26(6,7)19-23)33-24-20-27(8,9)31-28(10,11)21-24/h22-24,30-31H,12-21H2,1-11H3. The van der Waals surface area contributed by atoms with E-state index < -0.39 is 5.79 Å². The maximum atomic E-state index is 7.19. The van der Waals surface area contributed by atoms with Gasteiger partial charge in [0.2, 0.25) is 0 Å². The monoisotopic (exact) mass is 466 g/mol. The van der Waals surface area contributed by atoms with Gasteiger partial charge in [-0.3, -0.25) is 0 Å². The predicted octanol–water partition coefficient (Wildman–Crippen LogP) is 7.35. The number of piperidine rings is 2. The van der Waals surface area contributed by atoms with Gasteiger partial charge in [-0.2, -0.15) is 0 Å². The molecule has 2 rings (SSSR count). The zero-order valence-electron chi connectivity index (χ0n) is 24.1. The fourth-order valence-electron chi connectivity index (χ4n) is 6.85. The number of ether oxygens (including phenoxy) is 2. The van der Waals surface area contributed by atoms with Gasteiger partial charge in [0.15, 0.2) is 5.79 Å². The summed E-state index contributed by atoms with van der Waals surface area (Å²) in [5, 5.41) is 7.65. The highest BCUT2D eigenvalue weighted by Gasteiger charge is 2.46. The number of rotatable bonds is 11. The molecule has 2 aliphatic rings. The Labute approximate surface area is 206 Å². The molecule has 2 saturated heterocycles. The van der Waals surface area contributed by atoms with Crippen LogP contribution in [0.5, 0.6) is 0 Å². The van der Waals surface area contributed by atoms with E-state index in [2.05, 4.69) is 86.8 Å². The molecule has 0 atom stereocenters. The first-order chi connectivity index (χ1) is 15.0. The van der Waals surface area contributed by atoms with Crippen molar-refractivity contribution in [1.82, 2.24) is 10.6 Å². The molecule has 0 radical (unpaired) electrons. The molecule has 4 heteroatoms. The van der Waals surface area contributed by atoms with Crippen LogP contribution in [0.25, 0.3) is 0 Å². The van der Waals surface area contributed by atoms with Crippen molar-refractivity contribution in [3.05, 3.63) is 0 Å². The maximum absolute atomic E-state index is 7.19. The Balaban J connectivity index is 2.31. The molecule has 0 aromatic carbocycles. The van der Waals surface area contributed by atoms with E-state index in [1.165, 1.54) is 12.8 Å². The molecule has 0 aromatic heterocycles. The van der Waals surface area contributed by atoms with E-state index in [0.717, 1.165) is 51.4 Å². The van der Waals surface area contributed by atoms with Gasteiger partial charge in [-0.1, -0.05) is 33.6 Å². The molecule has 0 amide bonds. The van der Waals surface area contributed by atoms with E-state index in [-0.39, 0.29) is 34.4 Å². The summed E-state index contributed by atoms with van der Waals surface area (Å²) >= 11 is 0. The van der Waals surface area contributed by atoms with Crippen molar-refractivity contribution in [3.8, 4) is 0 Å². The molecule has 0 aromatic rings. The first kappa shape index (κ1) is 29.1. The van der Waals surface area contributed by atoms with Crippen LogP contribution in [0.4, 0.5) is 0 Å². The molecule has 2 fully saturated rings. The minimum atomic E-state index is -0.479. The topological polar surface area (TPSA) is 42.5 Å². The summed E-state index contributed by atoms with van der Waals surface area (Å²) in [4.78, 5) is 0. The van der Waals surface area contributed by atoms with Crippen LogP contribution in [0, 0.1) is 5.92 Å². The molecule has 0 spiro atoms. The highest BCUT2D eigenvalue weighted by Crippen LogP contribution is 2.40. The summed E-state index contributed by atoms with van der Waals surface area (Å²) in [6.07, 6.45) is 11.3. The summed E-state index contributed by atoms with van der Waals surface area (Å²) in [6.45, 7) is 25.5. The van der Waals surface area contributed by atoms with Gasteiger partial charge in [0.1, 0.15) is 0 Å². The predicted molar refractivity (Wildman–Crippen MR) is 142 cm³/mol. The molecule has 2 heterocycles. The second-order valence-electron chi connectivity index (χ2n) is 14.4. The van der Waals surface area contributed by atoms with Gasteiger partial charge < -0.3 is 20.1 Å². The lowest BCUT2D eigenvalue weighted by Crippen LogP contribution is -2.62. The lowest BCUT2D eigenvalue weighted by molar-refractivity contribution is -0.300. The third-order valence-electron chi connectivity index (χ3n) is 7.32. The van der Waals surface area contributed by atoms with Crippen LogP contribution in [0.2, 0.25) is 0 Å². The normalized spacial score (nSPS) is 25.5. The first-order valence-corrected chi connectivity index (χ1v) is 13.9.